The van der Waals surface area contributed by atoms with Gasteiger partial charge in [0.2, 0.25) is 5.82 Å². The molecule has 0 saturated heterocycles. The van der Waals surface area contributed by atoms with E-state index in [9.17, 15) is 13.9 Å². The Labute approximate surface area is 151 Å². The smallest absolute Gasteiger partial charge is 0.201 e. The third kappa shape index (κ3) is 2.54. The summed E-state index contributed by atoms with van der Waals surface area (Å²) in [6, 6.07) is 4.70. The normalized spacial score (nSPS) is 20.9. The van der Waals surface area contributed by atoms with Gasteiger partial charge in [-0.2, -0.15) is 4.39 Å². The minimum Gasteiger partial charge on any atom is -0.505 e. The van der Waals surface area contributed by atoms with Crippen molar-refractivity contribution >= 4 is 0 Å². The van der Waals surface area contributed by atoms with Crippen LogP contribution in [0.15, 0.2) is 30.9 Å². The van der Waals surface area contributed by atoms with Gasteiger partial charge < -0.3 is 5.11 Å². The second-order valence-electron chi connectivity index (χ2n) is 7.42. The summed E-state index contributed by atoms with van der Waals surface area (Å²) in [5.41, 5.74) is 1.62. The van der Waals surface area contributed by atoms with Crippen molar-refractivity contribution in [3.8, 4) is 28.0 Å². The van der Waals surface area contributed by atoms with Crippen LogP contribution in [-0.4, -0.2) is 5.11 Å². The van der Waals surface area contributed by atoms with Gasteiger partial charge in [-0.15, -0.1) is 6.58 Å². The Morgan fingerprint density at radius 3 is 2.35 bits per heavy atom. The maximum absolute atomic E-state index is 15.1. The zero-order valence-corrected chi connectivity index (χ0v) is 14.5. The molecule has 4 rings (SSSR count). The number of phenolic OH excluding ortho intramolecular Hbond substituents is 1. The highest BCUT2D eigenvalue weighted by Crippen LogP contribution is 2.53. The fraction of sp³-hybridized carbons (Fsp3) is 0.364. The van der Waals surface area contributed by atoms with Gasteiger partial charge in [-0.25, -0.2) is 8.78 Å². The molecule has 1 N–H and O–H groups in total. The molecule has 1 fully saturated rings. The van der Waals surface area contributed by atoms with Crippen LogP contribution in [0.5, 0.6) is 5.75 Å². The van der Waals surface area contributed by atoms with Crippen LogP contribution >= 0.6 is 0 Å². The SMILES string of the molecule is C=CCCC1CCC(c2ccc3c(c2F)-c2c-3cc(O)c(F)c2F)CC1. The van der Waals surface area contributed by atoms with E-state index >= 15 is 4.39 Å². The van der Waals surface area contributed by atoms with E-state index in [0.29, 0.717) is 22.6 Å². The molecule has 0 aliphatic heterocycles. The zero-order valence-electron chi connectivity index (χ0n) is 14.5. The summed E-state index contributed by atoms with van der Waals surface area (Å²) >= 11 is 0. The molecular formula is C22H21F3O. The van der Waals surface area contributed by atoms with Crippen molar-refractivity contribution in [2.45, 2.75) is 44.4 Å². The van der Waals surface area contributed by atoms with Crippen molar-refractivity contribution in [1.29, 1.82) is 0 Å². The highest BCUT2D eigenvalue weighted by atomic mass is 19.2. The predicted molar refractivity (Wildman–Crippen MR) is 96.5 cm³/mol. The third-order valence-electron chi connectivity index (χ3n) is 5.97. The quantitative estimate of drug-likeness (QED) is 0.515. The average Bonchev–Trinajstić information content (AvgIpc) is 2.64. The largest absolute Gasteiger partial charge is 0.505 e. The van der Waals surface area contributed by atoms with Crippen LogP contribution in [0.2, 0.25) is 0 Å². The molecule has 2 aliphatic carbocycles. The molecule has 2 aromatic carbocycles. The summed E-state index contributed by atoms with van der Waals surface area (Å²) in [6.45, 7) is 3.76. The Hall–Kier alpha value is -2.23. The molecule has 0 atom stereocenters. The molecule has 1 nitrogen and oxygen atoms in total. The second-order valence-corrected chi connectivity index (χ2v) is 7.42. The summed E-state index contributed by atoms with van der Waals surface area (Å²) in [5, 5.41) is 9.46. The summed E-state index contributed by atoms with van der Waals surface area (Å²) in [5.74, 6) is -2.88. The van der Waals surface area contributed by atoms with E-state index in [0.717, 1.165) is 38.5 Å². The average molecular weight is 358 g/mol. The third-order valence-corrected chi connectivity index (χ3v) is 5.97. The lowest BCUT2D eigenvalue weighted by Crippen LogP contribution is -2.16. The number of hydrogen-bond acceptors (Lipinski definition) is 1. The van der Waals surface area contributed by atoms with E-state index in [4.69, 9.17) is 0 Å². The lowest BCUT2D eigenvalue weighted by atomic mass is 9.73. The van der Waals surface area contributed by atoms with Gasteiger partial charge in [0.25, 0.3) is 0 Å². The van der Waals surface area contributed by atoms with Crippen molar-refractivity contribution in [2.24, 2.45) is 5.92 Å². The summed E-state index contributed by atoms with van der Waals surface area (Å²) in [7, 11) is 0. The number of rotatable bonds is 4. The number of benzene rings is 2. The van der Waals surface area contributed by atoms with Gasteiger partial charge in [0, 0.05) is 11.1 Å². The highest BCUT2D eigenvalue weighted by Gasteiger charge is 2.35. The molecule has 0 bridgehead atoms. The van der Waals surface area contributed by atoms with Crippen molar-refractivity contribution < 1.29 is 18.3 Å². The molecule has 0 unspecified atom stereocenters. The van der Waals surface area contributed by atoms with Crippen molar-refractivity contribution in [3.05, 3.63) is 53.9 Å². The van der Waals surface area contributed by atoms with E-state index in [1.54, 1.807) is 12.1 Å². The molecule has 0 aromatic heterocycles. The van der Waals surface area contributed by atoms with Gasteiger partial charge in [-0.3, -0.25) is 0 Å². The van der Waals surface area contributed by atoms with E-state index in [1.165, 1.54) is 6.07 Å². The standard InChI is InChI=1S/C22H21F3O/c1-2-3-4-12-5-7-13(8-6-12)14-9-10-15-16-11-17(26)21(24)22(25)19(16)18(15)20(14)23/h2,9-13,26H,1,3-8H2. The van der Waals surface area contributed by atoms with Crippen LogP contribution in [0.1, 0.15) is 50.0 Å². The van der Waals surface area contributed by atoms with E-state index in [2.05, 4.69) is 6.58 Å². The number of hydrogen-bond donors (Lipinski definition) is 1. The first-order valence-corrected chi connectivity index (χ1v) is 9.18. The monoisotopic (exact) mass is 358 g/mol. The lowest BCUT2D eigenvalue weighted by Gasteiger charge is -2.32. The number of phenols is 1. The van der Waals surface area contributed by atoms with E-state index < -0.39 is 23.2 Å². The molecule has 2 aromatic rings. The van der Waals surface area contributed by atoms with Gasteiger partial charge in [-0.1, -0.05) is 18.2 Å². The summed E-state index contributed by atoms with van der Waals surface area (Å²) in [4.78, 5) is 0. The minimum absolute atomic E-state index is 0.0469. The minimum atomic E-state index is -1.32. The highest BCUT2D eigenvalue weighted by molar-refractivity contribution is 6.03. The molecule has 0 amide bonds. The Balaban J connectivity index is 1.61. The first kappa shape index (κ1) is 17.2. The van der Waals surface area contributed by atoms with Crippen molar-refractivity contribution in [3.63, 3.8) is 0 Å². The molecule has 2 aliphatic rings. The van der Waals surface area contributed by atoms with Gasteiger partial charge in [-0.05, 0) is 73.1 Å². The number of fused-ring (bicyclic) bond motifs is 4. The summed E-state index contributed by atoms with van der Waals surface area (Å²) < 4.78 is 43.0. The van der Waals surface area contributed by atoms with Gasteiger partial charge in [0.15, 0.2) is 11.6 Å². The van der Waals surface area contributed by atoms with Gasteiger partial charge in [0.05, 0.1) is 0 Å². The van der Waals surface area contributed by atoms with E-state index in [1.807, 2.05) is 6.08 Å². The predicted octanol–water partition coefficient (Wildman–Crippen LogP) is 6.70. The molecule has 0 heterocycles. The molecule has 136 valence electrons. The Morgan fingerprint density at radius 2 is 1.65 bits per heavy atom. The number of aromatic hydroxyl groups is 1. The van der Waals surface area contributed by atoms with Gasteiger partial charge >= 0.3 is 0 Å². The van der Waals surface area contributed by atoms with Crippen LogP contribution < -0.4 is 0 Å². The molecule has 0 radical (unpaired) electrons. The first-order chi connectivity index (χ1) is 12.5. The molecular weight excluding hydrogens is 337 g/mol. The fourth-order valence-corrected chi connectivity index (χ4v) is 4.50. The maximum atomic E-state index is 15.1. The lowest BCUT2D eigenvalue weighted by molar-refractivity contribution is 0.308. The fourth-order valence-electron chi connectivity index (χ4n) is 4.50. The maximum Gasteiger partial charge on any atom is 0.201 e. The number of allylic oxidation sites excluding steroid dienone is 1. The Kier molecular flexibility index (Phi) is 4.29. The summed E-state index contributed by atoms with van der Waals surface area (Å²) in [6.07, 6.45) is 8.02. The van der Waals surface area contributed by atoms with Crippen LogP contribution in [0.3, 0.4) is 0 Å². The van der Waals surface area contributed by atoms with Crippen LogP contribution in [0.25, 0.3) is 22.3 Å². The van der Waals surface area contributed by atoms with Gasteiger partial charge in [0.1, 0.15) is 5.82 Å². The second kappa shape index (κ2) is 6.49. The Morgan fingerprint density at radius 1 is 0.962 bits per heavy atom. The number of halogens is 3. The topological polar surface area (TPSA) is 20.2 Å². The first-order valence-electron chi connectivity index (χ1n) is 9.18. The van der Waals surface area contributed by atoms with Crippen LogP contribution in [0, 0.1) is 23.4 Å². The molecule has 1 saturated carbocycles. The molecule has 4 heteroatoms. The zero-order chi connectivity index (χ0) is 18.4. The van der Waals surface area contributed by atoms with Crippen LogP contribution in [0.4, 0.5) is 13.2 Å². The van der Waals surface area contributed by atoms with Crippen LogP contribution in [-0.2, 0) is 0 Å². The molecule has 0 spiro atoms. The molecule has 26 heavy (non-hydrogen) atoms. The van der Waals surface area contributed by atoms with Crippen molar-refractivity contribution in [1.82, 2.24) is 0 Å². The Bertz CT molecular complexity index is 880. The van der Waals surface area contributed by atoms with E-state index in [-0.39, 0.29) is 17.0 Å². The van der Waals surface area contributed by atoms with Crippen molar-refractivity contribution in [2.75, 3.05) is 0 Å².